The van der Waals surface area contributed by atoms with Crippen LogP contribution in [0.25, 0.3) is 93.5 Å². The number of hydrogen-bond donors (Lipinski definition) is 0. The van der Waals surface area contributed by atoms with Crippen molar-refractivity contribution in [3.8, 4) is 39.6 Å². The molecule has 0 N–H and O–H groups in total. The van der Waals surface area contributed by atoms with E-state index in [1.54, 1.807) is 0 Å². The summed E-state index contributed by atoms with van der Waals surface area (Å²) in [6, 6.07) is 68.4. The molecule has 14 rings (SSSR count). The van der Waals surface area contributed by atoms with Crippen molar-refractivity contribution in [2.45, 2.75) is 26.2 Å². The van der Waals surface area contributed by atoms with Crippen LogP contribution in [-0.4, -0.2) is 25.4 Å². The van der Waals surface area contributed by atoms with Crippen molar-refractivity contribution in [2.75, 3.05) is 16.5 Å². The van der Waals surface area contributed by atoms with Gasteiger partial charge in [-0.05, 0) is 82.8 Å². The summed E-state index contributed by atoms with van der Waals surface area (Å²) in [5, 5.41) is 5.14. The number of anilines is 4. The Bertz CT molecular complexity index is 4480. The molecule has 5 heterocycles. The van der Waals surface area contributed by atoms with E-state index in [4.69, 9.17) is 9.72 Å². The molecule has 73 heavy (non-hydrogen) atoms. The molecule has 0 bridgehead atoms. The van der Waals surface area contributed by atoms with Gasteiger partial charge in [-0.15, -0.1) is 0 Å². The topological polar surface area (TPSA) is 43.4 Å². The highest BCUT2D eigenvalue weighted by Crippen LogP contribution is 2.54. The molecule has 0 aliphatic carbocycles. The minimum Gasteiger partial charge on any atom is -0.457 e. The number of nitrogens with zero attached hydrogens (tertiary/aromatic N) is 6. The fourth-order valence-corrected chi connectivity index (χ4v) is 11.6. The molecule has 352 valence electrons. The number of aromatic nitrogens is 4. The van der Waals surface area contributed by atoms with E-state index in [2.05, 4.69) is 102 Å². The van der Waals surface area contributed by atoms with E-state index in [-0.39, 0.29) is 12.1 Å². The molecule has 1 aliphatic rings. The van der Waals surface area contributed by atoms with E-state index in [1.165, 1.54) is 14.7 Å². The maximum Gasteiger partial charge on any atom is 0.137 e. The van der Waals surface area contributed by atoms with Gasteiger partial charge in [0, 0.05) is 101 Å². The van der Waals surface area contributed by atoms with Gasteiger partial charge < -0.3 is 23.7 Å². The molecular weight excluding hydrogens is 893 g/mol. The fourth-order valence-electron chi connectivity index (χ4n) is 11.6. The summed E-state index contributed by atoms with van der Waals surface area (Å²) in [7, 11) is 0. The average Bonchev–Trinajstić information content (AvgIpc) is 3.70. The number of rotatable bonds is 7. The molecule has 0 spiro atoms. The highest BCUT2D eigenvalue weighted by atomic mass is 16.5. The molecule has 0 amide bonds. The Balaban J connectivity index is 0.932. The minimum absolute atomic E-state index is 0.172. The lowest BCUT2D eigenvalue weighted by Crippen LogP contribution is -2.25. The van der Waals surface area contributed by atoms with Crippen LogP contribution in [0.4, 0.5) is 22.7 Å². The predicted molar refractivity (Wildman–Crippen MR) is 305 cm³/mol. The second-order valence-corrected chi connectivity index (χ2v) is 20.1. The average molecular weight is 951 g/mol. The van der Waals surface area contributed by atoms with Gasteiger partial charge in [-0.3, -0.25) is 4.57 Å². The third-order valence-corrected chi connectivity index (χ3v) is 14.8. The normalized spacial score (nSPS) is 14.5. The summed E-state index contributed by atoms with van der Waals surface area (Å²) in [6.07, 6.45) is 2.00. The van der Waals surface area contributed by atoms with E-state index < -0.39 is 14.0 Å². The number of ether oxygens (including phenoxy) is 1. The predicted octanol–water partition coefficient (Wildman–Crippen LogP) is 17.1. The van der Waals surface area contributed by atoms with Crippen LogP contribution < -0.4 is 14.5 Å². The molecule has 0 saturated carbocycles. The molecule has 4 aromatic heterocycles. The maximum atomic E-state index is 9.25. The lowest BCUT2D eigenvalue weighted by molar-refractivity contribution is 0.483. The van der Waals surface area contributed by atoms with Gasteiger partial charge in [0.05, 0.1) is 39.1 Å². The van der Waals surface area contributed by atoms with Crippen LogP contribution in [0.2, 0.25) is 0 Å². The van der Waals surface area contributed by atoms with E-state index in [0.717, 1.165) is 88.5 Å². The lowest BCUT2D eigenvalue weighted by Gasteiger charge is -2.26. The molecule has 7 heteroatoms. The van der Waals surface area contributed by atoms with E-state index in [1.807, 2.05) is 146 Å². The van der Waals surface area contributed by atoms with Crippen LogP contribution in [0.3, 0.4) is 0 Å². The van der Waals surface area contributed by atoms with Crippen molar-refractivity contribution in [3.63, 3.8) is 0 Å². The standard InChI is InChI=1S/C66H52N6O/c1-66(2,3)52-39-59(67-40-51(52)42-21-8-6-9-22-42)72-55-32-17-12-27-47(55)48-36-35-46(38-58(48)72)73-45-26-20-25-44(37-45)70-41-71(57-34-19-18-33-56(57)70)65-63-61(49-28-13-15-30-53(49)68(63)4)60(43-23-10-7-11-24-43)62-50-29-14-16-31-54(50)69(5)64(62)65/h6-40H,41H2,1-5H3/i4D3,5D3. The van der Waals surface area contributed by atoms with E-state index >= 15 is 0 Å². The zero-order valence-corrected chi connectivity index (χ0v) is 40.5. The first kappa shape index (κ1) is 36.8. The van der Waals surface area contributed by atoms with Crippen LogP contribution in [-0.2, 0) is 19.4 Å². The zero-order chi connectivity index (χ0) is 54.1. The summed E-state index contributed by atoms with van der Waals surface area (Å²) in [4.78, 5) is 9.42. The monoisotopic (exact) mass is 950 g/mol. The Morgan fingerprint density at radius 2 is 1.05 bits per heavy atom. The van der Waals surface area contributed by atoms with Crippen molar-refractivity contribution in [1.29, 1.82) is 0 Å². The number of benzene rings is 9. The molecule has 0 fully saturated rings. The van der Waals surface area contributed by atoms with Crippen LogP contribution in [0.15, 0.2) is 212 Å². The quantitative estimate of drug-likeness (QED) is 0.160. The number of pyridine rings is 1. The van der Waals surface area contributed by atoms with E-state index in [9.17, 15) is 8.22 Å². The SMILES string of the molecule is [2H]C([2H])([2H])n1c2ccccc2c2c(-c3ccccc3)c3c4ccccc4n(C([2H])([2H])[2H])c3c(N3CN(c4cccc(Oc5ccc6c7ccccc7n(-c7cc(C(C)(C)C)c(-c8ccccc8)cn7)c6c5)c4)c4ccccc43)c21. The van der Waals surface area contributed by atoms with Crippen LogP contribution in [0, 0.1) is 0 Å². The van der Waals surface area contributed by atoms with Gasteiger partial charge in [0.25, 0.3) is 0 Å². The Morgan fingerprint density at radius 1 is 0.493 bits per heavy atom. The number of para-hydroxylation sites is 5. The van der Waals surface area contributed by atoms with Gasteiger partial charge >= 0.3 is 0 Å². The minimum atomic E-state index is -2.67. The first-order valence-corrected chi connectivity index (χ1v) is 24.7. The molecule has 0 radical (unpaired) electrons. The maximum absolute atomic E-state index is 9.25. The summed E-state index contributed by atoms with van der Waals surface area (Å²) >= 11 is 0. The smallest absolute Gasteiger partial charge is 0.137 e. The number of fused-ring (bicyclic) bond motifs is 10. The second-order valence-electron chi connectivity index (χ2n) is 20.1. The lowest BCUT2D eigenvalue weighted by atomic mass is 9.82. The van der Waals surface area contributed by atoms with Crippen LogP contribution in [0.1, 0.15) is 34.6 Å². The van der Waals surface area contributed by atoms with Gasteiger partial charge in [-0.25, -0.2) is 4.98 Å². The Labute approximate surface area is 432 Å². The van der Waals surface area contributed by atoms with Gasteiger partial charge in [-0.1, -0.05) is 154 Å². The summed E-state index contributed by atoms with van der Waals surface area (Å²) < 4.78 is 67.5. The Morgan fingerprint density at radius 3 is 1.71 bits per heavy atom. The largest absolute Gasteiger partial charge is 0.457 e. The third-order valence-electron chi connectivity index (χ3n) is 14.8. The van der Waals surface area contributed by atoms with Crippen molar-refractivity contribution in [1.82, 2.24) is 18.7 Å². The molecule has 0 unspecified atom stereocenters. The molecule has 7 nitrogen and oxygen atoms in total. The summed E-state index contributed by atoms with van der Waals surface area (Å²) in [5.41, 5.74) is 11.7. The Kier molecular flexibility index (Phi) is 8.19. The molecular formula is C66H52N6O. The molecule has 9 aromatic carbocycles. The van der Waals surface area contributed by atoms with Crippen LogP contribution >= 0.6 is 0 Å². The third kappa shape index (κ3) is 6.55. The fraction of sp³-hybridized carbons (Fsp3) is 0.106. The highest BCUT2D eigenvalue weighted by Gasteiger charge is 2.35. The molecule has 0 atom stereocenters. The van der Waals surface area contributed by atoms with Gasteiger partial charge in [0.1, 0.15) is 24.0 Å². The van der Waals surface area contributed by atoms with Crippen molar-refractivity contribution in [2.24, 2.45) is 14.0 Å². The molecule has 0 saturated heterocycles. The number of hydrogen-bond acceptors (Lipinski definition) is 4. The first-order valence-electron chi connectivity index (χ1n) is 27.7. The number of aryl methyl sites for hydroxylation is 2. The van der Waals surface area contributed by atoms with Crippen molar-refractivity contribution >= 4 is 88.2 Å². The van der Waals surface area contributed by atoms with Gasteiger partial charge in [-0.2, -0.15) is 0 Å². The Hall–Kier alpha value is -9.07. The second kappa shape index (κ2) is 16.2. The van der Waals surface area contributed by atoms with Crippen molar-refractivity contribution < 1.29 is 13.0 Å². The van der Waals surface area contributed by atoms with Crippen molar-refractivity contribution in [3.05, 3.63) is 218 Å². The van der Waals surface area contributed by atoms with Gasteiger partial charge in [0.2, 0.25) is 0 Å². The highest BCUT2D eigenvalue weighted by molar-refractivity contribution is 6.33. The van der Waals surface area contributed by atoms with E-state index in [0.29, 0.717) is 39.3 Å². The first-order chi connectivity index (χ1) is 38.1. The zero-order valence-electron chi connectivity index (χ0n) is 46.5. The van der Waals surface area contributed by atoms with Gasteiger partial charge in [0.15, 0.2) is 0 Å². The van der Waals surface area contributed by atoms with Crippen LogP contribution in [0.5, 0.6) is 11.5 Å². The molecule has 1 aliphatic heterocycles. The summed E-state index contributed by atoms with van der Waals surface area (Å²) in [6.45, 7) is 1.59. The summed E-state index contributed by atoms with van der Waals surface area (Å²) in [5.74, 6) is 2.07. The molecule has 13 aromatic rings.